The quantitative estimate of drug-likeness (QED) is 0.353. The molecule has 0 amide bonds. The van der Waals surface area contributed by atoms with E-state index in [9.17, 15) is 13.2 Å². The summed E-state index contributed by atoms with van der Waals surface area (Å²) in [5, 5.41) is 15.6. The smallest absolute Gasteiger partial charge is 0.310 e. The van der Waals surface area contributed by atoms with Crippen molar-refractivity contribution < 1.29 is 13.2 Å². The molecule has 9 heteroatoms. The number of nitrogens with zero attached hydrogens (tertiary/aromatic N) is 4. The molecule has 0 bridgehead atoms. The summed E-state index contributed by atoms with van der Waals surface area (Å²) in [6.07, 6.45) is 8.45. The van der Waals surface area contributed by atoms with Crippen molar-refractivity contribution >= 4 is 10.9 Å². The van der Waals surface area contributed by atoms with Crippen molar-refractivity contribution in [1.82, 2.24) is 30.3 Å². The molecule has 0 aliphatic heterocycles. The first kappa shape index (κ1) is 23.5. The second kappa shape index (κ2) is 9.81. The van der Waals surface area contributed by atoms with Gasteiger partial charge in [-0.05, 0) is 24.5 Å². The van der Waals surface area contributed by atoms with Crippen LogP contribution in [-0.2, 0) is 19.8 Å². The Kier molecular flexibility index (Phi) is 6.60. The van der Waals surface area contributed by atoms with Crippen molar-refractivity contribution in [2.24, 2.45) is 7.05 Å². The minimum absolute atomic E-state index is 0.0784. The second-order valence-electron chi connectivity index (χ2n) is 9.35. The van der Waals surface area contributed by atoms with Crippen molar-refractivity contribution in [2.45, 2.75) is 63.7 Å². The molecule has 0 atom stereocenters. The number of rotatable bonds is 5. The van der Waals surface area contributed by atoms with E-state index in [1.807, 2.05) is 6.20 Å². The highest BCUT2D eigenvalue weighted by Gasteiger charge is 2.36. The fourth-order valence-electron chi connectivity index (χ4n) is 5.04. The molecule has 1 aliphatic carbocycles. The number of benzene rings is 1. The summed E-state index contributed by atoms with van der Waals surface area (Å²) >= 11 is 0. The first-order valence-electron chi connectivity index (χ1n) is 12.2. The molecule has 0 unspecified atom stereocenters. The van der Waals surface area contributed by atoms with E-state index in [-0.39, 0.29) is 29.4 Å². The van der Waals surface area contributed by atoms with Crippen molar-refractivity contribution in [2.75, 3.05) is 0 Å². The highest BCUT2D eigenvalue weighted by molar-refractivity contribution is 5.94. The lowest BCUT2D eigenvalue weighted by Crippen LogP contribution is -2.30. The summed E-state index contributed by atoms with van der Waals surface area (Å²) in [6.45, 7) is 0.183. The van der Waals surface area contributed by atoms with Gasteiger partial charge in [-0.15, -0.1) is 0 Å². The van der Waals surface area contributed by atoms with Crippen LogP contribution in [0.2, 0.25) is 0 Å². The molecular formula is C26H29F3N6. The minimum Gasteiger partial charge on any atom is -0.310 e. The van der Waals surface area contributed by atoms with E-state index in [2.05, 4.69) is 25.6 Å². The van der Waals surface area contributed by atoms with Crippen LogP contribution >= 0.6 is 0 Å². The Bertz CT molecular complexity index is 1300. The Labute approximate surface area is 202 Å². The molecule has 35 heavy (non-hydrogen) atoms. The zero-order valence-corrected chi connectivity index (χ0v) is 19.7. The zero-order chi connectivity index (χ0) is 24.4. The van der Waals surface area contributed by atoms with E-state index >= 15 is 0 Å². The van der Waals surface area contributed by atoms with Crippen LogP contribution in [0.5, 0.6) is 0 Å². The van der Waals surface area contributed by atoms with Crippen molar-refractivity contribution in [3.05, 3.63) is 54.0 Å². The predicted molar refractivity (Wildman–Crippen MR) is 129 cm³/mol. The average Bonchev–Trinajstić information content (AvgIpc) is 3.42. The van der Waals surface area contributed by atoms with Crippen molar-refractivity contribution in [3.8, 4) is 22.5 Å². The largest absolute Gasteiger partial charge is 0.417 e. The van der Waals surface area contributed by atoms with Gasteiger partial charge in [0.1, 0.15) is 5.69 Å². The molecule has 3 heterocycles. The number of halogens is 3. The summed E-state index contributed by atoms with van der Waals surface area (Å²) in [5.41, 5.74) is 2.04. The summed E-state index contributed by atoms with van der Waals surface area (Å²) < 4.78 is 44.8. The third-order valence-electron chi connectivity index (χ3n) is 6.82. The number of pyridine rings is 1. The van der Waals surface area contributed by atoms with E-state index in [1.54, 1.807) is 36.1 Å². The lowest BCUT2D eigenvalue weighted by atomic mass is 9.94. The molecule has 2 N–H and O–H groups in total. The number of alkyl halides is 3. The molecule has 1 saturated carbocycles. The number of nitrogens with one attached hydrogen (secondary N) is 2. The van der Waals surface area contributed by atoms with E-state index in [0.29, 0.717) is 16.6 Å². The zero-order valence-electron chi connectivity index (χ0n) is 19.7. The van der Waals surface area contributed by atoms with Crippen LogP contribution in [0, 0.1) is 0 Å². The van der Waals surface area contributed by atoms with Crippen molar-refractivity contribution in [1.29, 1.82) is 0 Å². The van der Waals surface area contributed by atoms with Gasteiger partial charge in [-0.1, -0.05) is 50.3 Å². The number of aromatic nitrogens is 5. The number of hydrogen-bond acceptors (Lipinski definition) is 4. The minimum atomic E-state index is -4.51. The van der Waals surface area contributed by atoms with E-state index in [1.165, 1.54) is 31.5 Å². The maximum Gasteiger partial charge on any atom is 0.417 e. The molecule has 5 rings (SSSR count). The molecule has 0 saturated heterocycles. The van der Waals surface area contributed by atoms with Crippen LogP contribution in [0.15, 0.2) is 42.9 Å². The lowest BCUT2D eigenvalue weighted by molar-refractivity contribution is -0.137. The van der Waals surface area contributed by atoms with Crippen LogP contribution < -0.4 is 5.32 Å². The van der Waals surface area contributed by atoms with Crippen LogP contribution in [0.1, 0.15) is 56.1 Å². The van der Waals surface area contributed by atoms with Crippen LogP contribution in [0.25, 0.3) is 33.4 Å². The molecule has 1 aromatic carbocycles. The van der Waals surface area contributed by atoms with E-state index < -0.39 is 11.7 Å². The lowest BCUT2D eigenvalue weighted by Gasteiger charge is -2.23. The summed E-state index contributed by atoms with van der Waals surface area (Å²) in [5.74, 6) is 0. The number of aromatic amines is 1. The molecule has 0 radical (unpaired) electrons. The molecule has 6 nitrogen and oxygen atoms in total. The number of H-pyrrole nitrogens is 1. The Hall–Kier alpha value is -3.20. The van der Waals surface area contributed by atoms with Gasteiger partial charge >= 0.3 is 6.18 Å². The maximum absolute atomic E-state index is 14.4. The first-order chi connectivity index (χ1) is 16.9. The van der Waals surface area contributed by atoms with Crippen LogP contribution in [0.3, 0.4) is 0 Å². The Morgan fingerprint density at radius 3 is 2.57 bits per heavy atom. The Morgan fingerprint density at radius 2 is 1.86 bits per heavy atom. The molecule has 1 fully saturated rings. The van der Waals surface area contributed by atoms with Crippen LogP contribution in [0.4, 0.5) is 13.2 Å². The molecule has 4 aromatic rings. The Balaban J connectivity index is 1.50. The fraction of sp³-hybridized carbons (Fsp3) is 0.423. The van der Waals surface area contributed by atoms with Gasteiger partial charge in [0.2, 0.25) is 0 Å². The molecule has 1 aliphatic rings. The maximum atomic E-state index is 14.4. The van der Waals surface area contributed by atoms with Crippen molar-refractivity contribution in [3.63, 3.8) is 0 Å². The normalized spacial score (nSPS) is 15.9. The molecule has 0 spiro atoms. The number of hydrogen-bond donors (Lipinski definition) is 2. The second-order valence-corrected chi connectivity index (χ2v) is 9.35. The third-order valence-corrected chi connectivity index (χ3v) is 6.82. The highest BCUT2D eigenvalue weighted by atomic mass is 19.4. The number of aryl methyl sites for hydroxylation is 1. The SMILES string of the molecule is Cn1cc(-c2n[nH]c3cnc(-c4cccc(CNC5CCCCCCC5)c4C(F)(F)F)cc23)cn1. The number of fused-ring (bicyclic) bond motifs is 1. The third kappa shape index (κ3) is 5.10. The highest BCUT2D eigenvalue weighted by Crippen LogP contribution is 2.40. The standard InChI is InChI=1S/C26H29F3N6/c1-35-16-18(14-32-35)25-21-12-22(31-15-23(21)33-34-25)20-11-7-8-17(24(20)26(27,28)29)13-30-19-9-5-3-2-4-6-10-19/h7-8,11-12,14-16,19,30H,2-6,9-10,13H2,1H3,(H,33,34). The average molecular weight is 483 g/mol. The van der Waals surface area contributed by atoms with Gasteiger partial charge < -0.3 is 5.32 Å². The van der Waals surface area contributed by atoms with Gasteiger partial charge in [0.05, 0.1) is 29.2 Å². The van der Waals surface area contributed by atoms with E-state index in [0.717, 1.165) is 31.2 Å². The van der Waals surface area contributed by atoms with Gasteiger partial charge in [-0.3, -0.25) is 14.8 Å². The summed E-state index contributed by atoms with van der Waals surface area (Å²) in [4.78, 5) is 4.36. The predicted octanol–water partition coefficient (Wildman–Crippen LogP) is 6.25. The van der Waals surface area contributed by atoms with Gasteiger partial charge in [-0.25, -0.2) is 0 Å². The summed E-state index contributed by atoms with van der Waals surface area (Å²) in [6, 6.07) is 6.68. The van der Waals surface area contributed by atoms with Gasteiger partial charge in [0, 0.05) is 42.3 Å². The fourth-order valence-corrected chi connectivity index (χ4v) is 5.04. The van der Waals surface area contributed by atoms with Crippen LogP contribution in [-0.4, -0.2) is 31.0 Å². The van der Waals surface area contributed by atoms with Gasteiger partial charge in [-0.2, -0.15) is 23.4 Å². The van der Waals surface area contributed by atoms with Gasteiger partial charge in [0.15, 0.2) is 0 Å². The molecule has 3 aromatic heterocycles. The topological polar surface area (TPSA) is 71.4 Å². The molecule has 184 valence electrons. The summed E-state index contributed by atoms with van der Waals surface area (Å²) in [7, 11) is 1.80. The first-order valence-corrected chi connectivity index (χ1v) is 12.2. The van der Waals surface area contributed by atoms with Gasteiger partial charge in [0.25, 0.3) is 0 Å². The van der Waals surface area contributed by atoms with E-state index in [4.69, 9.17) is 0 Å². The monoisotopic (exact) mass is 482 g/mol. The Morgan fingerprint density at radius 1 is 1.09 bits per heavy atom. The molecular weight excluding hydrogens is 453 g/mol.